The number of ether oxygens (including phenoxy) is 1. The van der Waals surface area contributed by atoms with Gasteiger partial charge in [-0.25, -0.2) is 4.98 Å². The molecule has 1 fully saturated rings. The van der Waals surface area contributed by atoms with Crippen molar-refractivity contribution in [2.45, 2.75) is 52.5 Å². The number of hydrogen-bond donors (Lipinski definition) is 1. The van der Waals surface area contributed by atoms with Gasteiger partial charge in [0.2, 0.25) is 11.9 Å². The summed E-state index contributed by atoms with van der Waals surface area (Å²) < 4.78 is 48.2. The van der Waals surface area contributed by atoms with E-state index in [4.69, 9.17) is 4.74 Å². The summed E-state index contributed by atoms with van der Waals surface area (Å²) in [6, 6.07) is 3.49. The lowest BCUT2D eigenvalue weighted by atomic mass is 10.1. The monoisotopic (exact) mass is 520 g/mol. The molecule has 0 radical (unpaired) electrons. The Morgan fingerprint density at radius 2 is 1.76 bits per heavy atom. The number of rotatable bonds is 7. The Balaban J connectivity index is 1.72. The van der Waals surface area contributed by atoms with Gasteiger partial charge in [0.05, 0.1) is 13.2 Å². The quantitative estimate of drug-likeness (QED) is 0.596. The Morgan fingerprint density at radius 3 is 2.30 bits per heavy atom. The Bertz CT molecular complexity index is 1150. The van der Waals surface area contributed by atoms with E-state index in [1.807, 2.05) is 13.8 Å². The third-order valence-corrected chi connectivity index (χ3v) is 6.55. The number of benzene rings is 1. The summed E-state index contributed by atoms with van der Waals surface area (Å²) >= 11 is 0. The predicted octanol–water partition coefficient (Wildman–Crippen LogP) is 3.62. The van der Waals surface area contributed by atoms with E-state index in [0.29, 0.717) is 44.1 Å². The summed E-state index contributed by atoms with van der Waals surface area (Å²) in [4.78, 5) is 38.8. The van der Waals surface area contributed by atoms with Crippen molar-refractivity contribution in [2.75, 3.05) is 43.0 Å². The largest absolute Gasteiger partial charge is 0.494 e. The topological polar surface area (TPSA) is 90.9 Å². The van der Waals surface area contributed by atoms with E-state index in [-0.39, 0.29) is 47.4 Å². The number of aromatic nitrogens is 2. The fraction of sp³-hybridized carbons (Fsp3) is 0.520. The molecule has 1 aromatic carbocycles. The van der Waals surface area contributed by atoms with Crippen molar-refractivity contribution < 1.29 is 27.5 Å². The first kappa shape index (κ1) is 26.5. The van der Waals surface area contributed by atoms with Crippen LogP contribution < -0.4 is 15.0 Å². The van der Waals surface area contributed by atoms with Gasteiger partial charge in [0, 0.05) is 44.7 Å². The second-order valence-corrected chi connectivity index (χ2v) is 9.34. The van der Waals surface area contributed by atoms with Crippen LogP contribution in [0.5, 0.6) is 5.75 Å². The van der Waals surface area contributed by atoms with Gasteiger partial charge in [0.15, 0.2) is 0 Å². The van der Waals surface area contributed by atoms with Gasteiger partial charge in [-0.3, -0.25) is 9.59 Å². The normalized spacial score (nSPS) is 16.8. The molecule has 12 heteroatoms. The highest BCUT2D eigenvalue weighted by Crippen LogP contribution is 2.39. The Labute approximate surface area is 213 Å². The molecule has 0 aliphatic carbocycles. The van der Waals surface area contributed by atoms with E-state index in [2.05, 4.69) is 15.3 Å². The van der Waals surface area contributed by atoms with Crippen molar-refractivity contribution in [2.24, 2.45) is 0 Å². The highest BCUT2D eigenvalue weighted by molar-refractivity contribution is 5.98. The third kappa shape index (κ3) is 5.57. The summed E-state index contributed by atoms with van der Waals surface area (Å²) in [5, 5.41) is 2.59. The van der Waals surface area contributed by atoms with E-state index >= 15 is 0 Å². The second-order valence-electron chi connectivity index (χ2n) is 9.34. The van der Waals surface area contributed by atoms with Gasteiger partial charge in [0.1, 0.15) is 23.3 Å². The van der Waals surface area contributed by atoms with Gasteiger partial charge in [-0.2, -0.15) is 18.2 Å². The summed E-state index contributed by atoms with van der Waals surface area (Å²) in [5.41, 5.74) is 0.429. The average Bonchev–Trinajstić information content (AvgIpc) is 3.19. The van der Waals surface area contributed by atoms with E-state index < -0.39 is 12.2 Å². The van der Waals surface area contributed by atoms with Crippen molar-refractivity contribution in [3.63, 3.8) is 0 Å². The van der Waals surface area contributed by atoms with E-state index in [9.17, 15) is 22.8 Å². The number of carbonyl (C=O) groups excluding carboxylic acids is 2. The number of nitrogens with one attached hydrogen (secondary N) is 1. The number of piperazine rings is 1. The fourth-order valence-corrected chi connectivity index (χ4v) is 4.49. The van der Waals surface area contributed by atoms with E-state index in [0.717, 1.165) is 0 Å². The molecule has 9 nitrogen and oxygen atoms in total. The highest BCUT2D eigenvalue weighted by Gasteiger charge is 2.43. The maximum Gasteiger partial charge on any atom is 0.412 e. The standard InChI is InChI=1S/C25H31F3N6O3/c1-5-37-18-8-6-17(7-9-18)21(25(26,27)28)30-22-19-14-34(15(2)3)23(36)20(19)29-24(31-22)33-12-10-32(11-13-33)16(4)35/h6-9,15,21H,5,10-14H2,1-4H3,(H,29,30,31). The molecular formula is C25H31F3N6O3. The Kier molecular flexibility index (Phi) is 7.47. The molecule has 1 unspecified atom stereocenters. The molecule has 1 aromatic heterocycles. The molecule has 1 N–H and O–H groups in total. The van der Waals surface area contributed by atoms with Gasteiger partial charge < -0.3 is 24.8 Å². The van der Waals surface area contributed by atoms with Crippen LogP contribution in [0.3, 0.4) is 0 Å². The molecular weight excluding hydrogens is 489 g/mol. The van der Waals surface area contributed by atoms with Crippen LogP contribution in [0.15, 0.2) is 24.3 Å². The molecule has 2 aromatic rings. The first-order valence-electron chi connectivity index (χ1n) is 12.3. The first-order valence-corrected chi connectivity index (χ1v) is 12.3. The molecule has 0 spiro atoms. The molecule has 2 aliphatic rings. The molecule has 200 valence electrons. The van der Waals surface area contributed by atoms with Gasteiger partial charge in [-0.15, -0.1) is 0 Å². The lowest BCUT2D eigenvalue weighted by molar-refractivity contribution is -0.144. The van der Waals surface area contributed by atoms with Crippen molar-refractivity contribution in [3.8, 4) is 5.75 Å². The highest BCUT2D eigenvalue weighted by atomic mass is 19.4. The lowest BCUT2D eigenvalue weighted by Crippen LogP contribution is -2.48. The van der Waals surface area contributed by atoms with Crippen LogP contribution in [0.2, 0.25) is 0 Å². The minimum absolute atomic E-state index is 0.00928. The molecule has 4 rings (SSSR count). The summed E-state index contributed by atoms with van der Waals surface area (Å²) in [6.07, 6.45) is -4.64. The Hall–Kier alpha value is -3.57. The number of carbonyl (C=O) groups is 2. The summed E-state index contributed by atoms with van der Waals surface area (Å²) in [7, 11) is 0. The van der Waals surface area contributed by atoms with Crippen molar-refractivity contribution in [3.05, 3.63) is 41.1 Å². The van der Waals surface area contributed by atoms with Crippen LogP contribution >= 0.6 is 0 Å². The lowest BCUT2D eigenvalue weighted by Gasteiger charge is -2.34. The molecule has 0 saturated carbocycles. The molecule has 1 saturated heterocycles. The zero-order valence-electron chi connectivity index (χ0n) is 21.3. The van der Waals surface area contributed by atoms with Crippen LogP contribution in [0.4, 0.5) is 24.9 Å². The van der Waals surface area contributed by atoms with Gasteiger partial charge in [0.25, 0.3) is 5.91 Å². The molecule has 2 aliphatic heterocycles. The van der Waals surface area contributed by atoms with Crippen LogP contribution in [-0.2, 0) is 11.3 Å². The molecule has 3 heterocycles. The number of nitrogens with zero attached hydrogens (tertiary/aromatic N) is 5. The number of anilines is 2. The first-order chi connectivity index (χ1) is 17.5. The van der Waals surface area contributed by atoms with Gasteiger partial charge in [-0.05, 0) is 38.5 Å². The van der Waals surface area contributed by atoms with E-state index in [1.54, 1.807) is 21.6 Å². The van der Waals surface area contributed by atoms with Crippen LogP contribution in [-0.4, -0.2) is 76.6 Å². The molecule has 2 amide bonds. The molecule has 37 heavy (non-hydrogen) atoms. The zero-order valence-corrected chi connectivity index (χ0v) is 21.3. The molecule has 1 atom stereocenters. The predicted molar refractivity (Wildman–Crippen MR) is 132 cm³/mol. The molecule has 0 bridgehead atoms. The van der Waals surface area contributed by atoms with Crippen LogP contribution in [0, 0.1) is 0 Å². The minimum atomic E-state index is -4.64. The zero-order chi connectivity index (χ0) is 26.9. The summed E-state index contributed by atoms with van der Waals surface area (Å²) in [5.74, 6) is 0.213. The van der Waals surface area contributed by atoms with Gasteiger partial charge in [-0.1, -0.05) is 12.1 Å². The Morgan fingerprint density at radius 1 is 1.11 bits per heavy atom. The maximum atomic E-state index is 14.3. The number of amides is 2. The van der Waals surface area contributed by atoms with Crippen LogP contribution in [0.1, 0.15) is 55.4 Å². The second kappa shape index (κ2) is 10.4. The number of alkyl halides is 3. The van der Waals surface area contributed by atoms with Crippen molar-refractivity contribution >= 4 is 23.6 Å². The van der Waals surface area contributed by atoms with Crippen LogP contribution in [0.25, 0.3) is 0 Å². The van der Waals surface area contributed by atoms with Crippen molar-refractivity contribution in [1.29, 1.82) is 0 Å². The average molecular weight is 521 g/mol. The SMILES string of the molecule is CCOc1ccc(C(Nc2nc(N3CCN(C(C)=O)CC3)nc3c2CN(C(C)C)C3=O)C(F)(F)F)cc1. The maximum absolute atomic E-state index is 14.3. The smallest absolute Gasteiger partial charge is 0.412 e. The minimum Gasteiger partial charge on any atom is -0.494 e. The van der Waals surface area contributed by atoms with Crippen molar-refractivity contribution in [1.82, 2.24) is 19.8 Å². The van der Waals surface area contributed by atoms with Gasteiger partial charge >= 0.3 is 6.18 Å². The number of fused-ring (bicyclic) bond motifs is 1. The third-order valence-electron chi connectivity index (χ3n) is 6.55. The fourth-order valence-electron chi connectivity index (χ4n) is 4.49. The number of hydrogen-bond acceptors (Lipinski definition) is 7. The van der Waals surface area contributed by atoms with E-state index in [1.165, 1.54) is 31.2 Å². The number of halogens is 3. The summed E-state index contributed by atoms with van der Waals surface area (Å²) in [6.45, 7) is 9.14.